The Labute approximate surface area is 110 Å². The molecule has 4 N–H and O–H groups in total. The van der Waals surface area contributed by atoms with E-state index in [2.05, 4.69) is 13.8 Å². The fourth-order valence-electron chi connectivity index (χ4n) is 2.42. The first kappa shape index (κ1) is 15.2. The van der Waals surface area contributed by atoms with Crippen LogP contribution in [0.5, 0.6) is 0 Å². The van der Waals surface area contributed by atoms with E-state index in [9.17, 15) is 0 Å². The van der Waals surface area contributed by atoms with E-state index in [4.69, 9.17) is 34.7 Å². The van der Waals surface area contributed by atoms with Crippen molar-refractivity contribution < 1.29 is 21.1 Å². The summed E-state index contributed by atoms with van der Waals surface area (Å²) in [4.78, 5) is -1.60. The first-order chi connectivity index (χ1) is 5.69. The Morgan fingerprint density at radius 3 is 1.93 bits per heavy atom. The fourth-order valence-corrected chi connectivity index (χ4v) is 3.09. The molecule has 2 nitrogen and oxygen atoms in total. The van der Waals surface area contributed by atoms with Crippen molar-refractivity contribution in [1.82, 2.24) is 0 Å². The second kappa shape index (κ2) is 4.22. The molecule has 0 aromatic rings. The van der Waals surface area contributed by atoms with Crippen LogP contribution in [0.3, 0.4) is 0 Å². The maximum Gasteiger partial charge on any atom is 0.115 e. The molecule has 0 amide bonds. The van der Waals surface area contributed by atoms with E-state index >= 15 is 0 Å². The first-order valence-corrected chi connectivity index (χ1v) is 5.31. The van der Waals surface area contributed by atoms with Gasteiger partial charge in [-0.1, -0.05) is 20.8 Å². The van der Waals surface area contributed by atoms with Crippen LogP contribution in [-0.2, 0) is 21.1 Å². The maximum absolute atomic E-state index is 6.45. The van der Waals surface area contributed by atoms with Gasteiger partial charge in [-0.3, -0.25) is 0 Å². The van der Waals surface area contributed by atoms with Crippen LogP contribution in [-0.4, -0.2) is 16.4 Å². The molecule has 0 radical (unpaired) electrons. The smallest absolute Gasteiger partial charge is 0.115 e. The summed E-state index contributed by atoms with van der Waals surface area (Å²) in [5, 5.41) is 0. The number of rotatable bonds is 1. The third-order valence-corrected chi connectivity index (χ3v) is 5.27. The molecule has 1 fully saturated rings. The van der Waals surface area contributed by atoms with Gasteiger partial charge in [0.25, 0.3) is 0 Å². The Morgan fingerprint density at radius 1 is 1.36 bits per heavy atom. The summed E-state index contributed by atoms with van der Waals surface area (Å²) in [6, 6.07) is 0. The molecule has 88 valence electrons. The van der Waals surface area contributed by atoms with Crippen LogP contribution in [0, 0.1) is 11.3 Å². The monoisotopic (exact) mass is 419 g/mol. The van der Waals surface area contributed by atoms with Crippen molar-refractivity contribution >= 4 is 23.2 Å². The molecule has 0 saturated heterocycles. The molecule has 0 aromatic heterocycles. The van der Waals surface area contributed by atoms with Crippen molar-refractivity contribution in [3.05, 3.63) is 0 Å². The van der Waals surface area contributed by atoms with Gasteiger partial charge >= 0.3 is 0 Å². The van der Waals surface area contributed by atoms with Gasteiger partial charge in [-0.25, -0.2) is 0 Å². The van der Waals surface area contributed by atoms with Crippen LogP contribution < -0.4 is 11.5 Å². The minimum Gasteiger partial charge on any atom is -0.329 e. The number of halogens is 2. The summed E-state index contributed by atoms with van der Waals surface area (Å²) in [7, 11) is 0. The van der Waals surface area contributed by atoms with Crippen LogP contribution in [0.1, 0.15) is 27.2 Å². The minimum absolute atomic E-state index is 0. The van der Waals surface area contributed by atoms with Crippen molar-refractivity contribution in [2.45, 2.75) is 37.1 Å². The Bertz CT molecular complexity index is 221. The Balaban J connectivity index is 0.00000169. The number of nitrogens with two attached hydrogens (primary N) is 2. The van der Waals surface area contributed by atoms with Gasteiger partial charge in [0, 0.05) is 27.6 Å². The molecule has 0 bridgehead atoms. The van der Waals surface area contributed by atoms with Crippen LogP contribution in [0.25, 0.3) is 0 Å². The maximum atomic E-state index is 6.45. The molecule has 0 aliphatic heterocycles. The molecule has 14 heavy (non-hydrogen) atoms. The molecule has 1 aliphatic carbocycles. The average molecular weight is 420 g/mol. The van der Waals surface area contributed by atoms with Crippen LogP contribution in [0.4, 0.5) is 0 Å². The molecule has 0 heterocycles. The minimum atomic E-state index is -0.896. The summed E-state index contributed by atoms with van der Waals surface area (Å²) in [6.07, 6.45) is 0.910. The number of hydrogen-bond donors (Lipinski definition) is 2. The zero-order valence-electron chi connectivity index (χ0n) is 8.72. The molecule has 5 heteroatoms. The van der Waals surface area contributed by atoms with Crippen LogP contribution in [0.15, 0.2) is 0 Å². The molecule has 1 aliphatic rings. The third kappa shape index (κ3) is 1.78. The average Bonchev–Trinajstić information content (AvgIpc) is 2.10. The zero-order valence-corrected chi connectivity index (χ0v) is 12.5. The van der Waals surface area contributed by atoms with E-state index in [0.29, 0.717) is 6.54 Å². The van der Waals surface area contributed by atoms with E-state index in [1.165, 1.54) is 0 Å². The van der Waals surface area contributed by atoms with Gasteiger partial charge in [0.05, 0.1) is 4.87 Å². The van der Waals surface area contributed by atoms with Crippen molar-refractivity contribution in [1.29, 1.82) is 0 Å². The van der Waals surface area contributed by atoms with Gasteiger partial charge in [0.1, 0.15) is 5.00 Å². The second-order valence-corrected chi connectivity index (χ2v) is 6.03. The predicted octanol–water partition coefficient (Wildman–Crippen LogP) is 1.88. The molecule has 1 rings (SSSR count). The summed E-state index contributed by atoms with van der Waals surface area (Å²) >= 11 is 12.7. The largest absolute Gasteiger partial charge is 0.329 e. The van der Waals surface area contributed by atoms with Gasteiger partial charge in [-0.15, -0.1) is 23.2 Å². The summed E-state index contributed by atoms with van der Waals surface area (Å²) in [5.41, 5.74) is 11.6. The topological polar surface area (TPSA) is 52.0 Å². The molecule has 0 spiro atoms. The molecular formula is C9H18Cl2N2Pt. The summed E-state index contributed by atoms with van der Waals surface area (Å²) in [6.45, 7) is 6.47. The normalized spacial score (nSPS) is 46.1. The Hall–Kier alpha value is 1.19. The first-order valence-electron chi connectivity index (χ1n) is 4.56. The standard InChI is InChI=1S/C9H18Cl2N2.Pt/c1-6-4-7(2,3)8(10,5-12)9(6,11)13;/h6H,4-5,12-13H2,1-3H3;/t6?,8-,9-;/m1./s1. The number of hydrogen-bond acceptors (Lipinski definition) is 2. The quantitative estimate of drug-likeness (QED) is 0.503. The predicted molar refractivity (Wildman–Crippen MR) is 58.0 cm³/mol. The third-order valence-electron chi connectivity index (χ3n) is 3.50. The molecule has 0 aromatic carbocycles. The van der Waals surface area contributed by atoms with E-state index in [0.717, 1.165) is 6.42 Å². The van der Waals surface area contributed by atoms with Crippen molar-refractivity contribution in [3.63, 3.8) is 0 Å². The molecule has 1 saturated carbocycles. The van der Waals surface area contributed by atoms with Crippen LogP contribution >= 0.6 is 23.2 Å². The fraction of sp³-hybridized carbons (Fsp3) is 1.00. The Morgan fingerprint density at radius 2 is 1.79 bits per heavy atom. The van der Waals surface area contributed by atoms with E-state index in [1.807, 2.05) is 6.92 Å². The van der Waals surface area contributed by atoms with Gasteiger partial charge in [0.2, 0.25) is 0 Å². The zero-order chi connectivity index (χ0) is 10.5. The molecule has 3 atom stereocenters. The summed E-state index contributed by atoms with van der Waals surface area (Å²) < 4.78 is 0. The summed E-state index contributed by atoms with van der Waals surface area (Å²) in [5.74, 6) is 0.185. The van der Waals surface area contributed by atoms with Gasteiger partial charge < -0.3 is 11.5 Å². The second-order valence-electron chi connectivity index (χ2n) is 4.76. The van der Waals surface area contributed by atoms with Gasteiger partial charge in [-0.2, -0.15) is 0 Å². The van der Waals surface area contributed by atoms with E-state index < -0.39 is 9.87 Å². The van der Waals surface area contributed by atoms with Crippen molar-refractivity contribution in [3.8, 4) is 0 Å². The Kier molecular flexibility index (Phi) is 4.58. The SMILES string of the molecule is CC1CC(C)(C)[C@](Cl)(CN)[C@@]1(N)Cl.[Pt]. The van der Waals surface area contributed by atoms with Crippen molar-refractivity contribution in [2.75, 3.05) is 6.54 Å². The molecular weight excluding hydrogens is 402 g/mol. The van der Waals surface area contributed by atoms with Gasteiger partial charge in [-0.05, 0) is 17.8 Å². The van der Waals surface area contributed by atoms with E-state index in [-0.39, 0.29) is 32.4 Å². The number of alkyl halides is 2. The van der Waals surface area contributed by atoms with E-state index in [1.54, 1.807) is 0 Å². The van der Waals surface area contributed by atoms with Crippen molar-refractivity contribution in [2.24, 2.45) is 22.8 Å². The van der Waals surface area contributed by atoms with Crippen LogP contribution in [0.2, 0.25) is 0 Å². The van der Waals surface area contributed by atoms with Gasteiger partial charge in [0.15, 0.2) is 0 Å². The molecule has 1 unspecified atom stereocenters.